The van der Waals surface area contributed by atoms with Crippen LogP contribution in [0.4, 0.5) is 0 Å². The Balaban J connectivity index is 3.53. The summed E-state index contributed by atoms with van der Waals surface area (Å²) in [5.74, 6) is 1.56. The van der Waals surface area contributed by atoms with Gasteiger partial charge in [-0.15, -0.1) is 0 Å². The van der Waals surface area contributed by atoms with Crippen molar-refractivity contribution in [3.8, 4) is 0 Å². The Hall–Kier alpha value is 0.350. The largest absolute Gasteiger partial charge is 0.175 e. The minimum Gasteiger partial charge on any atom is -0.175 e. The second-order valence-corrected chi connectivity index (χ2v) is 6.39. The molecule has 0 radical (unpaired) electrons. The van der Waals surface area contributed by atoms with E-state index in [-0.39, 0.29) is 0 Å². The second-order valence-electron chi connectivity index (χ2n) is 5.79. The Morgan fingerprint density at radius 1 is 0.706 bits per heavy atom. The molecule has 0 saturated heterocycles. The Bertz CT molecular complexity index is 156. The van der Waals surface area contributed by atoms with E-state index in [2.05, 4.69) is 27.7 Å². The lowest BCUT2D eigenvalue weighted by Gasteiger charge is -2.25. The van der Waals surface area contributed by atoms with Gasteiger partial charge in [0.15, 0.2) is 0 Å². The highest BCUT2D eigenvalue weighted by molar-refractivity contribution is 7.81. The summed E-state index contributed by atoms with van der Waals surface area (Å²) in [5.41, 5.74) is 0. The smallest absolute Gasteiger partial charge is 0.00680 e. The average Bonchev–Trinajstić information content (AvgIpc) is 2.32. The highest BCUT2D eigenvalue weighted by Crippen LogP contribution is 2.26. The number of hydrogen-bond acceptors (Lipinski definition) is 1. The van der Waals surface area contributed by atoms with E-state index in [4.69, 9.17) is 12.6 Å². The van der Waals surface area contributed by atoms with Crippen LogP contribution < -0.4 is 0 Å². The Labute approximate surface area is 115 Å². The highest BCUT2D eigenvalue weighted by Gasteiger charge is 2.18. The summed E-state index contributed by atoms with van der Waals surface area (Å²) < 4.78 is 0. The molecule has 0 heterocycles. The molecule has 0 aliphatic rings. The first-order valence-corrected chi connectivity index (χ1v) is 8.33. The van der Waals surface area contributed by atoms with Crippen molar-refractivity contribution >= 4 is 12.6 Å². The molecule has 0 N–H and O–H groups in total. The van der Waals surface area contributed by atoms with Crippen molar-refractivity contribution in [2.24, 2.45) is 11.8 Å². The van der Waals surface area contributed by atoms with Gasteiger partial charge in [0.25, 0.3) is 0 Å². The first kappa shape index (κ1) is 17.4. The molecule has 0 nitrogen and oxygen atoms in total. The molecule has 0 fully saturated rings. The van der Waals surface area contributed by atoms with Gasteiger partial charge in [0, 0.05) is 5.25 Å². The predicted octanol–water partition coefficient (Wildman–Crippen LogP) is 6.11. The summed E-state index contributed by atoms with van der Waals surface area (Å²) >= 11 is 4.81. The molecule has 0 saturated carbocycles. The van der Waals surface area contributed by atoms with E-state index in [0.717, 1.165) is 11.8 Å². The third-order valence-electron chi connectivity index (χ3n) is 3.92. The zero-order chi connectivity index (χ0) is 13.1. The average molecular weight is 259 g/mol. The van der Waals surface area contributed by atoms with Crippen LogP contribution >= 0.6 is 12.6 Å². The third-order valence-corrected chi connectivity index (χ3v) is 4.94. The molecule has 0 aromatic heterocycles. The van der Waals surface area contributed by atoms with Crippen molar-refractivity contribution in [3.63, 3.8) is 0 Å². The minimum absolute atomic E-state index is 0.602. The Kier molecular flexibility index (Phi) is 11.7. The Morgan fingerprint density at radius 3 is 1.82 bits per heavy atom. The molecule has 17 heavy (non-hydrogen) atoms. The van der Waals surface area contributed by atoms with E-state index in [1.807, 2.05) is 0 Å². The van der Waals surface area contributed by atoms with E-state index < -0.39 is 0 Å². The van der Waals surface area contributed by atoms with Gasteiger partial charge in [-0.1, -0.05) is 72.6 Å². The molecule has 3 unspecified atom stereocenters. The predicted molar refractivity (Wildman–Crippen MR) is 84.0 cm³/mol. The lowest BCUT2D eigenvalue weighted by atomic mass is 9.89. The first-order chi connectivity index (χ1) is 8.13. The summed E-state index contributed by atoms with van der Waals surface area (Å²) in [5, 5.41) is 0.602. The molecule has 0 aliphatic carbocycles. The molecule has 0 spiro atoms. The van der Waals surface area contributed by atoms with Crippen LogP contribution in [-0.4, -0.2) is 5.25 Å². The Morgan fingerprint density at radius 2 is 1.24 bits per heavy atom. The fourth-order valence-corrected chi connectivity index (χ4v) is 2.90. The lowest BCUT2D eigenvalue weighted by molar-refractivity contribution is 0.380. The van der Waals surface area contributed by atoms with Gasteiger partial charge in [-0.05, 0) is 24.7 Å². The van der Waals surface area contributed by atoms with Crippen LogP contribution in [0.25, 0.3) is 0 Å². The molecule has 1 heteroatoms. The summed E-state index contributed by atoms with van der Waals surface area (Å²) in [4.78, 5) is 0. The topological polar surface area (TPSA) is 0 Å². The molecule has 0 amide bonds. The van der Waals surface area contributed by atoms with Gasteiger partial charge < -0.3 is 0 Å². The van der Waals surface area contributed by atoms with E-state index >= 15 is 0 Å². The van der Waals surface area contributed by atoms with Crippen LogP contribution in [0.2, 0.25) is 0 Å². The first-order valence-electron chi connectivity index (χ1n) is 7.81. The lowest BCUT2D eigenvalue weighted by Crippen LogP contribution is -2.20. The van der Waals surface area contributed by atoms with Crippen LogP contribution in [0, 0.1) is 11.8 Å². The van der Waals surface area contributed by atoms with Gasteiger partial charge in [-0.25, -0.2) is 0 Å². The fourth-order valence-electron chi connectivity index (χ4n) is 2.60. The summed E-state index contributed by atoms with van der Waals surface area (Å²) in [6, 6.07) is 0. The van der Waals surface area contributed by atoms with Gasteiger partial charge in [0.1, 0.15) is 0 Å². The maximum absolute atomic E-state index is 4.81. The van der Waals surface area contributed by atoms with E-state index in [1.54, 1.807) is 0 Å². The number of rotatable bonds is 11. The zero-order valence-electron chi connectivity index (χ0n) is 12.5. The normalized spacial score (nSPS) is 16.8. The second kappa shape index (κ2) is 11.4. The molecular weight excluding hydrogens is 224 g/mol. The van der Waals surface area contributed by atoms with Crippen molar-refractivity contribution < 1.29 is 0 Å². The van der Waals surface area contributed by atoms with Crippen LogP contribution in [0.1, 0.15) is 85.5 Å². The molecule has 3 atom stereocenters. The van der Waals surface area contributed by atoms with Crippen molar-refractivity contribution in [2.75, 3.05) is 0 Å². The zero-order valence-corrected chi connectivity index (χ0v) is 13.4. The van der Waals surface area contributed by atoms with Crippen molar-refractivity contribution in [3.05, 3.63) is 0 Å². The van der Waals surface area contributed by atoms with Gasteiger partial charge in [0.2, 0.25) is 0 Å². The van der Waals surface area contributed by atoms with Crippen molar-refractivity contribution in [1.29, 1.82) is 0 Å². The van der Waals surface area contributed by atoms with Crippen LogP contribution in [0.3, 0.4) is 0 Å². The monoisotopic (exact) mass is 258 g/mol. The van der Waals surface area contributed by atoms with Crippen LogP contribution in [0.15, 0.2) is 0 Å². The maximum Gasteiger partial charge on any atom is 0.00680 e. The molecule has 0 aromatic rings. The number of thiol groups is 1. The van der Waals surface area contributed by atoms with Gasteiger partial charge in [-0.3, -0.25) is 0 Å². The van der Waals surface area contributed by atoms with Crippen LogP contribution in [-0.2, 0) is 0 Å². The van der Waals surface area contributed by atoms with Crippen molar-refractivity contribution in [2.45, 2.75) is 90.7 Å². The molecule has 0 aromatic carbocycles. The van der Waals surface area contributed by atoms with E-state index in [9.17, 15) is 0 Å². The quantitative estimate of drug-likeness (QED) is 0.335. The fraction of sp³-hybridized carbons (Fsp3) is 1.00. The third kappa shape index (κ3) is 8.99. The number of unbranched alkanes of at least 4 members (excludes halogenated alkanes) is 5. The van der Waals surface area contributed by atoms with Gasteiger partial charge >= 0.3 is 0 Å². The molecule has 0 rings (SSSR count). The van der Waals surface area contributed by atoms with Crippen LogP contribution in [0.5, 0.6) is 0 Å². The van der Waals surface area contributed by atoms with Gasteiger partial charge in [0.05, 0.1) is 0 Å². The van der Waals surface area contributed by atoms with E-state index in [1.165, 1.54) is 57.8 Å². The summed E-state index contributed by atoms with van der Waals surface area (Å²) in [6.07, 6.45) is 12.4. The molecule has 104 valence electrons. The molecular formula is C16H34S. The summed E-state index contributed by atoms with van der Waals surface area (Å²) in [6.45, 7) is 9.30. The summed E-state index contributed by atoms with van der Waals surface area (Å²) in [7, 11) is 0. The van der Waals surface area contributed by atoms with E-state index in [0.29, 0.717) is 5.25 Å². The molecule has 0 bridgehead atoms. The highest BCUT2D eigenvalue weighted by atomic mass is 32.1. The van der Waals surface area contributed by atoms with Crippen molar-refractivity contribution in [1.82, 2.24) is 0 Å². The maximum atomic E-state index is 4.81. The SMILES string of the molecule is CCCCCCCCC(C)C(S)C(C)CCC. The van der Waals surface area contributed by atoms with Gasteiger partial charge in [-0.2, -0.15) is 12.6 Å². The minimum atomic E-state index is 0.602. The molecule has 0 aliphatic heterocycles. The number of hydrogen-bond donors (Lipinski definition) is 1. The standard InChI is InChI=1S/C16H34S/c1-5-7-8-9-10-11-13-15(4)16(17)14(3)12-6-2/h14-17H,5-13H2,1-4H3.